The largest absolute Gasteiger partial charge is 0.491 e. The Hall–Kier alpha value is -2.70. The van der Waals surface area contributed by atoms with Crippen LogP contribution in [0.25, 0.3) is 0 Å². The Morgan fingerprint density at radius 3 is 2.73 bits per heavy atom. The number of carbonyl (C=O) groups excluding carboxylic acids is 1. The number of halogens is 2. The van der Waals surface area contributed by atoms with Crippen molar-refractivity contribution in [3.05, 3.63) is 52.9 Å². The lowest BCUT2D eigenvalue weighted by Gasteiger charge is -2.31. The standard InChI is InChI=1S/C19H20F2N2O3/c1-3-25-17-9-14(8-15(20)18(17)21)23-6-5-12-7-16(19(24)26-4-2)22-10-13(12)11-23/h7-10H,3-6,11H2,1-2H3. The van der Waals surface area contributed by atoms with E-state index >= 15 is 0 Å². The summed E-state index contributed by atoms with van der Waals surface area (Å²) in [7, 11) is 0. The number of fused-ring (bicyclic) bond motifs is 1. The van der Waals surface area contributed by atoms with Gasteiger partial charge in [0.15, 0.2) is 11.6 Å². The van der Waals surface area contributed by atoms with E-state index in [0.717, 1.165) is 11.1 Å². The van der Waals surface area contributed by atoms with Gasteiger partial charge >= 0.3 is 5.97 Å². The van der Waals surface area contributed by atoms with Gasteiger partial charge in [0.2, 0.25) is 5.82 Å². The van der Waals surface area contributed by atoms with Crippen LogP contribution >= 0.6 is 0 Å². The Balaban J connectivity index is 1.83. The van der Waals surface area contributed by atoms with Gasteiger partial charge in [-0.2, -0.15) is 4.39 Å². The van der Waals surface area contributed by atoms with Crippen LogP contribution in [0.4, 0.5) is 14.5 Å². The van der Waals surface area contributed by atoms with Crippen molar-refractivity contribution in [1.29, 1.82) is 0 Å². The van der Waals surface area contributed by atoms with Crippen LogP contribution in [0.5, 0.6) is 5.75 Å². The van der Waals surface area contributed by atoms with Crippen LogP contribution in [0.3, 0.4) is 0 Å². The molecule has 0 fully saturated rings. The fourth-order valence-electron chi connectivity index (χ4n) is 2.97. The van der Waals surface area contributed by atoms with Crippen LogP contribution in [-0.4, -0.2) is 30.7 Å². The number of carbonyl (C=O) groups is 1. The number of hydrogen-bond donors (Lipinski definition) is 0. The quantitative estimate of drug-likeness (QED) is 0.762. The van der Waals surface area contributed by atoms with Crippen LogP contribution in [-0.2, 0) is 17.7 Å². The molecule has 0 spiro atoms. The van der Waals surface area contributed by atoms with Crippen molar-refractivity contribution in [3.8, 4) is 5.75 Å². The van der Waals surface area contributed by atoms with Crippen molar-refractivity contribution >= 4 is 11.7 Å². The minimum atomic E-state index is -0.978. The van der Waals surface area contributed by atoms with Crippen LogP contribution in [0.2, 0.25) is 0 Å². The van der Waals surface area contributed by atoms with Crippen LogP contribution in [0.15, 0.2) is 24.4 Å². The zero-order valence-corrected chi connectivity index (χ0v) is 14.7. The van der Waals surface area contributed by atoms with Crippen molar-refractivity contribution in [2.45, 2.75) is 26.8 Å². The van der Waals surface area contributed by atoms with Gasteiger partial charge in [-0.25, -0.2) is 14.2 Å². The van der Waals surface area contributed by atoms with E-state index in [1.165, 1.54) is 12.1 Å². The molecule has 0 radical (unpaired) electrons. The summed E-state index contributed by atoms with van der Waals surface area (Å²) in [5.41, 5.74) is 2.77. The minimum Gasteiger partial charge on any atom is -0.491 e. The van der Waals surface area contributed by atoms with E-state index in [1.807, 2.05) is 4.90 Å². The van der Waals surface area contributed by atoms with Gasteiger partial charge in [-0.1, -0.05) is 0 Å². The number of aromatic nitrogens is 1. The number of pyridine rings is 1. The number of ether oxygens (including phenoxy) is 2. The molecule has 1 aromatic carbocycles. The molecule has 0 saturated carbocycles. The van der Waals surface area contributed by atoms with Gasteiger partial charge in [0.05, 0.1) is 13.2 Å². The summed E-state index contributed by atoms with van der Waals surface area (Å²) in [6.45, 7) is 5.10. The molecule has 0 aliphatic carbocycles. The zero-order valence-electron chi connectivity index (χ0n) is 14.7. The molecule has 2 aromatic rings. The number of rotatable bonds is 5. The fraction of sp³-hybridized carbons (Fsp3) is 0.368. The smallest absolute Gasteiger partial charge is 0.356 e. The predicted octanol–water partition coefficient (Wildman–Crippen LogP) is 3.50. The van der Waals surface area contributed by atoms with Gasteiger partial charge in [-0.3, -0.25) is 0 Å². The maximum Gasteiger partial charge on any atom is 0.356 e. The third-order valence-electron chi connectivity index (χ3n) is 4.22. The Labute approximate surface area is 150 Å². The summed E-state index contributed by atoms with van der Waals surface area (Å²) in [6, 6.07) is 4.41. The minimum absolute atomic E-state index is 0.0934. The number of esters is 1. The van der Waals surface area contributed by atoms with Gasteiger partial charge in [-0.15, -0.1) is 0 Å². The van der Waals surface area contributed by atoms with Crippen molar-refractivity contribution in [3.63, 3.8) is 0 Å². The number of nitrogens with zero attached hydrogens (tertiary/aromatic N) is 2. The third-order valence-corrected chi connectivity index (χ3v) is 4.22. The monoisotopic (exact) mass is 362 g/mol. The van der Waals surface area contributed by atoms with E-state index in [0.29, 0.717) is 31.8 Å². The second kappa shape index (κ2) is 7.68. The molecule has 0 atom stereocenters. The van der Waals surface area contributed by atoms with Gasteiger partial charge in [-0.05, 0) is 37.5 Å². The number of benzene rings is 1. The highest BCUT2D eigenvalue weighted by atomic mass is 19.2. The van der Waals surface area contributed by atoms with Gasteiger partial charge in [0.25, 0.3) is 0 Å². The molecule has 138 valence electrons. The van der Waals surface area contributed by atoms with Crippen LogP contribution < -0.4 is 9.64 Å². The van der Waals surface area contributed by atoms with E-state index in [2.05, 4.69) is 4.98 Å². The van der Waals surface area contributed by atoms with Gasteiger partial charge < -0.3 is 14.4 Å². The molecule has 0 saturated heterocycles. The first-order valence-corrected chi connectivity index (χ1v) is 8.55. The highest BCUT2D eigenvalue weighted by molar-refractivity contribution is 5.87. The van der Waals surface area contributed by atoms with Crippen LogP contribution in [0, 0.1) is 11.6 Å². The molecule has 7 heteroatoms. The lowest BCUT2D eigenvalue weighted by molar-refractivity contribution is 0.0519. The van der Waals surface area contributed by atoms with Gasteiger partial charge in [0, 0.05) is 37.1 Å². The average Bonchev–Trinajstić information content (AvgIpc) is 2.64. The van der Waals surface area contributed by atoms with E-state index in [1.54, 1.807) is 26.1 Å². The number of anilines is 1. The van der Waals surface area contributed by atoms with E-state index in [4.69, 9.17) is 9.47 Å². The number of hydrogen-bond acceptors (Lipinski definition) is 5. The van der Waals surface area contributed by atoms with Crippen LogP contribution in [0.1, 0.15) is 35.5 Å². The fourth-order valence-corrected chi connectivity index (χ4v) is 2.97. The Kier molecular flexibility index (Phi) is 5.35. The van der Waals surface area contributed by atoms with E-state index in [-0.39, 0.29) is 18.1 Å². The second-order valence-corrected chi connectivity index (χ2v) is 5.90. The zero-order chi connectivity index (χ0) is 18.7. The normalized spacial score (nSPS) is 13.3. The third kappa shape index (κ3) is 3.61. The summed E-state index contributed by atoms with van der Waals surface area (Å²) in [5, 5.41) is 0. The summed E-state index contributed by atoms with van der Waals surface area (Å²) in [4.78, 5) is 17.9. The molecule has 2 heterocycles. The molecule has 0 bridgehead atoms. The molecule has 0 amide bonds. The van der Waals surface area contributed by atoms with Crippen molar-refractivity contribution in [2.24, 2.45) is 0 Å². The first-order valence-electron chi connectivity index (χ1n) is 8.55. The van der Waals surface area contributed by atoms with Crippen molar-refractivity contribution < 1.29 is 23.0 Å². The summed E-state index contributed by atoms with van der Waals surface area (Å²) < 4.78 is 37.8. The topological polar surface area (TPSA) is 51.7 Å². The Bertz CT molecular complexity index is 827. The van der Waals surface area contributed by atoms with Crippen molar-refractivity contribution in [1.82, 2.24) is 4.98 Å². The lowest BCUT2D eigenvalue weighted by atomic mass is 10.0. The molecule has 1 aromatic heterocycles. The maximum atomic E-state index is 13.9. The summed E-state index contributed by atoms with van der Waals surface area (Å²) in [5.74, 6) is -2.45. The lowest BCUT2D eigenvalue weighted by Crippen LogP contribution is -2.31. The molecule has 0 unspecified atom stereocenters. The molecule has 1 aliphatic heterocycles. The average molecular weight is 362 g/mol. The molecule has 3 rings (SSSR count). The maximum absolute atomic E-state index is 13.9. The molecule has 0 N–H and O–H groups in total. The van der Waals surface area contributed by atoms with Gasteiger partial charge in [0.1, 0.15) is 5.69 Å². The summed E-state index contributed by atoms with van der Waals surface area (Å²) in [6.07, 6.45) is 2.30. The molecular formula is C19H20F2N2O3. The molecule has 1 aliphatic rings. The highest BCUT2D eigenvalue weighted by Gasteiger charge is 2.22. The molecule has 5 nitrogen and oxygen atoms in total. The predicted molar refractivity (Wildman–Crippen MR) is 92.5 cm³/mol. The first-order chi connectivity index (χ1) is 12.5. The Morgan fingerprint density at radius 1 is 1.19 bits per heavy atom. The highest BCUT2D eigenvalue weighted by Crippen LogP contribution is 2.31. The second-order valence-electron chi connectivity index (χ2n) is 5.90. The molecular weight excluding hydrogens is 342 g/mol. The van der Waals surface area contributed by atoms with E-state index < -0.39 is 17.6 Å². The Morgan fingerprint density at radius 2 is 2.00 bits per heavy atom. The molecule has 26 heavy (non-hydrogen) atoms. The SMILES string of the molecule is CCOC(=O)c1cc2c(cn1)CN(c1cc(F)c(F)c(OCC)c1)CC2. The first kappa shape index (κ1) is 18.1. The van der Waals surface area contributed by atoms with E-state index in [9.17, 15) is 13.6 Å². The summed E-state index contributed by atoms with van der Waals surface area (Å²) >= 11 is 0. The van der Waals surface area contributed by atoms with Crippen molar-refractivity contribution in [2.75, 3.05) is 24.7 Å².